The maximum Gasteiger partial charge on any atom is 0.266 e. The predicted molar refractivity (Wildman–Crippen MR) is 129 cm³/mol. The maximum atomic E-state index is 13.0. The quantitative estimate of drug-likeness (QED) is 0.585. The number of amidine groups is 1. The van der Waals surface area contributed by atoms with Crippen molar-refractivity contribution in [2.75, 3.05) is 24.5 Å². The van der Waals surface area contributed by atoms with Crippen molar-refractivity contribution >= 4 is 40.3 Å². The Kier molecular flexibility index (Phi) is 6.00. The van der Waals surface area contributed by atoms with Gasteiger partial charge in [-0.05, 0) is 105 Å². The molecule has 2 aliphatic rings. The molecule has 2 aromatic carbocycles. The molecule has 2 fully saturated rings. The Bertz CT molecular complexity index is 1030. The van der Waals surface area contributed by atoms with E-state index in [0.717, 1.165) is 34.4 Å². The fourth-order valence-corrected chi connectivity index (χ4v) is 5.07. The van der Waals surface area contributed by atoms with E-state index in [1.807, 2.05) is 19.1 Å². The van der Waals surface area contributed by atoms with Crippen LogP contribution in [-0.4, -0.2) is 35.6 Å². The van der Waals surface area contributed by atoms with E-state index in [2.05, 4.69) is 56.0 Å². The molecule has 4 rings (SSSR count). The standard InChI is InChI=1S/C25H29N3OS/c1-5-28-24(29)23(30-25(28)26-21-10-8-17(2)18(3)15-21)16-20-9-11-22(19(4)14-20)27-12-6-7-13-27/h8-11,14-16H,5-7,12-13H2,1-4H3/b23-16-,26-25?. The summed E-state index contributed by atoms with van der Waals surface area (Å²) in [6.45, 7) is 11.2. The van der Waals surface area contributed by atoms with E-state index in [1.165, 1.54) is 47.0 Å². The Balaban J connectivity index is 1.60. The minimum Gasteiger partial charge on any atom is -0.371 e. The summed E-state index contributed by atoms with van der Waals surface area (Å²) in [7, 11) is 0. The molecule has 2 aromatic rings. The topological polar surface area (TPSA) is 35.9 Å². The van der Waals surface area contributed by atoms with Crippen LogP contribution in [0.5, 0.6) is 0 Å². The highest BCUT2D eigenvalue weighted by Gasteiger charge is 2.32. The minimum absolute atomic E-state index is 0.0337. The molecule has 0 bridgehead atoms. The summed E-state index contributed by atoms with van der Waals surface area (Å²) in [4.78, 5) is 22.7. The Hall–Kier alpha value is -2.53. The molecule has 0 radical (unpaired) electrons. The van der Waals surface area contributed by atoms with E-state index in [0.29, 0.717) is 6.54 Å². The molecule has 0 unspecified atom stereocenters. The summed E-state index contributed by atoms with van der Waals surface area (Å²) in [5, 5.41) is 0.752. The molecule has 30 heavy (non-hydrogen) atoms. The number of aryl methyl sites for hydroxylation is 3. The molecule has 0 aromatic heterocycles. The number of thioether (sulfide) groups is 1. The van der Waals surface area contributed by atoms with E-state index in [1.54, 1.807) is 4.90 Å². The van der Waals surface area contributed by atoms with Crippen molar-refractivity contribution in [3.05, 3.63) is 63.6 Å². The highest BCUT2D eigenvalue weighted by molar-refractivity contribution is 8.18. The average molecular weight is 420 g/mol. The van der Waals surface area contributed by atoms with Crippen molar-refractivity contribution in [1.82, 2.24) is 4.90 Å². The van der Waals surface area contributed by atoms with Gasteiger partial charge in [0, 0.05) is 25.3 Å². The Morgan fingerprint density at radius 1 is 1.00 bits per heavy atom. The number of benzene rings is 2. The maximum absolute atomic E-state index is 13.0. The number of likely N-dealkylation sites (N-methyl/N-ethyl adjacent to an activating group) is 1. The summed E-state index contributed by atoms with van der Waals surface area (Å²) in [5.74, 6) is 0.0337. The molecule has 0 aliphatic carbocycles. The summed E-state index contributed by atoms with van der Waals surface area (Å²) < 4.78 is 0. The van der Waals surface area contributed by atoms with Crippen molar-refractivity contribution in [3.63, 3.8) is 0 Å². The number of anilines is 1. The first-order valence-electron chi connectivity index (χ1n) is 10.7. The Morgan fingerprint density at radius 3 is 2.43 bits per heavy atom. The summed E-state index contributed by atoms with van der Waals surface area (Å²) in [6.07, 6.45) is 4.54. The summed E-state index contributed by atoms with van der Waals surface area (Å²) >= 11 is 1.46. The second-order valence-corrected chi connectivity index (χ2v) is 9.07. The van der Waals surface area contributed by atoms with Crippen molar-refractivity contribution < 1.29 is 4.79 Å². The van der Waals surface area contributed by atoms with E-state index >= 15 is 0 Å². The monoisotopic (exact) mass is 419 g/mol. The van der Waals surface area contributed by atoms with Gasteiger partial charge in [-0.25, -0.2) is 4.99 Å². The lowest BCUT2D eigenvalue weighted by molar-refractivity contribution is -0.122. The first kappa shape index (κ1) is 20.7. The number of amides is 1. The second kappa shape index (κ2) is 8.68. The Labute approximate surface area is 183 Å². The van der Waals surface area contributed by atoms with Gasteiger partial charge in [0.1, 0.15) is 0 Å². The lowest BCUT2D eigenvalue weighted by Gasteiger charge is -2.20. The van der Waals surface area contributed by atoms with Gasteiger partial charge in [-0.1, -0.05) is 12.1 Å². The largest absolute Gasteiger partial charge is 0.371 e. The molecule has 0 N–H and O–H groups in total. The molecular formula is C25H29N3OS. The van der Waals surface area contributed by atoms with Gasteiger partial charge in [-0.2, -0.15) is 0 Å². The minimum atomic E-state index is 0.0337. The van der Waals surface area contributed by atoms with E-state index in [-0.39, 0.29) is 5.91 Å². The first-order valence-corrected chi connectivity index (χ1v) is 11.5. The second-order valence-electron chi connectivity index (χ2n) is 8.06. The van der Waals surface area contributed by atoms with Crippen LogP contribution in [0, 0.1) is 20.8 Å². The third kappa shape index (κ3) is 4.17. The number of rotatable bonds is 4. The normalized spacial score (nSPS) is 19.5. The number of carbonyl (C=O) groups is 1. The molecule has 0 saturated carbocycles. The van der Waals surface area contributed by atoms with Gasteiger partial charge in [0.2, 0.25) is 0 Å². The number of carbonyl (C=O) groups excluding carboxylic acids is 1. The zero-order chi connectivity index (χ0) is 21.3. The fourth-order valence-electron chi connectivity index (χ4n) is 4.01. The van der Waals surface area contributed by atoms with Gasteiger partial charge < -0.3 is 4.90 Å². The molecule has 4 nitrogen and oxygen atoms in total. The molecule has 0 atom stereocenters. The SMILES string of the molecule is CCN1C(=O)/C(=C/c2ccc(N3CCCC3)c(C)c2)SC1=Nc1ccc(C)c(C)c1. The molecule has 1 amide bonds. The highest BCUT2D eigenvalue weighted by Crippen LogP contribution is 2.35. The van der Waals surface area contributed by atoms with E-state index < -0.39 is 0 Å². The number of nitrogens with zero attached hydrogens (tertiary/aromatic N) is 3. The van der Waals surface area contributed by atoms with Crippen LogP contribution in [0.1, 0.15) is 42.0 Å². The first-order chi connectivity index (χ1) is 14.5. The molecule has 5 heteroatoms. The highest BCUT2D eigenvalue weighted by atomic mass is 32.2. The van der Waals surface area contributed by atoms with Gasteiger partial charge >= 0.3 is 0 Å². The van der Waals surface area contributed by atoms with E-state index in [4.69, 9.17) is 4.99 Å². The smallest absolute Gasteiger partial charge is 0.266 e. The lowest BCUT2D eigenvalue weighted by Crippen LogP contribution is -2.28. The zero-order valence-corrected chi connectivity index (χ0v) is 19.1. The molecule has 2 heterocycles. The number of hydrogen-bond donors (Lipinski definition) is 0. The lowest BCUT2D eigenvalue weighted by atomic mass is 10.1. The molecule has 2 saturated heterocycles. The summed E-state index contributed by atoms with van der Waals surface area (Å²) in [6, 6.07) is 12.7. The van der Waals surface area contributed by atoms with Gasteiger partial charge in [-0.15, -0.1) is 0 Å². The van der Waals surface area contributed by atoms with Crippen molar-refractivity contribution in [2.24, 2.45) is 4.99 Å². The third-order valence-corrected chi connectivity index (χ3v) is 6.89. The van der Waals surface area contributed by atoms with Crippen LogP contribution in [0.15, 0.2) is 46.3 Å². The molecule has 0 spiro atoms. The van der Waals surface area contributed by atoms with Crippen molar-refractivity contribution in [1.29, 1.82) is 0 Å². The fraction of sp³-hybridized carbons (Fsp3) is 0.360. The van der Waals surface area contributed by atoms with Crippen LogP contribution in [0.25, 0.3) is 6.08 Å². The third-order valence-electron chi connectivity index (χ3n) is 5.88. The van der Waals surface area contributed by atoms with Gasteiger partial charge in [0.15, 0.2) is 5.17 Å². The number of aliphatic imine (C=N–C) groups is 1. The summed E-state index contributed by atoms with van der Waals surface area (Å²) in [5.41, 5.74) is 6.98. The van der Waals surface area contributed by atoms with Crippen LogP contribution >= 0.6 is 11.8 Å². The van der Waals surface area contributed by atoms with Gasteiger partial charge in [0.25, 0.3) is 5.91 Å². The van der Waals surface area contributed by atoms with Crippen LogP contribution in [0.3, 0.4) is 0 Å². The van der Waals surface area contributed by atoms with Crippen molar-refractivity contribution in [3.8, 4) is 0 Å². The molecule has 156 valence electrons. The average Bonchev–Trinajstić information content (AvgIpc) is 3.34. The molecule has 2 aliphatic heterocycles. The number of hydrogen-bond acceptors (Lipinski definition) is 4. The van der Waals surface area contributed by atoms with Gasteiger partial charge in [0.05, 0.1) is 10.6 Å². The van der Waals surface area contributed by atoms with Gasteiger partial charge in [-0.3, -0.25) is 9.69 Å². The van der Waals surface area contributed by atoms with Crippen LogP contribution < -0.4 is 4.90 Å². The van der Waals surface area contributed by atoms with E-state index in [9.17, 15) is 4.79 Å². The molecular weight excluding hydrogens is 390 g/mol. The zero-order valence-electron chi connectivity index (χ0n) is 18.2. The van der Waals surface area contributed by atoms with Crippen LogP contribution in [0.4, 0.5) is 11.4 Å². The predicted octanol–water partition coefficient (Wildman–Crippen LogP) is 5.84. The van der Waals surface area contributed by atoms with Crippen molar-refractivity contribution in [2.45, 2.75) is 40.5 Å². The van der Waals surface area contributed by atoms with Crippen LogP contribution in [-0.2, 0) is 4.79 Å². The Morgan fingerprint density at radius 2 is 1.77 bits per heavy atom. The van der Waals surface area contributed by atoms with Crippen LogP contribution in [0.2, 0.25) is 0 Å².